The van der Waals surface area contributed by atoms with Gasteiger partial charge in [-0.2, -0.15) is 4.98 Å². The average Bonchev–Trinajstić information content (AvgIpc) is 2.99. The van der Waals surface area contributed by atoms with Crippen LogP contribution in [0.3, 0.4) is 0 Å². The molecule has 1 aromatic carbocycles. The minimum Gasteiger partial charge on any atom is -0.489 e. The second-order valence-corrected chi connectivity index (χ2v) is 5.15. The average molecular weight is 335 g/mol. The summed E-state index contributed by atoms with van der Waals surface area (Å²) in [5.74, 6) is 1.85. The molecule has 0 amide bonds. The molecule has 0 fully saturated rings. The number of hydrogen-bond donors (Lipinski definition) is 2. The van der Waals surface area contributed by atoms with Crippen LogP contribution in [0.15, 0.2) is 33.8 Å². The van der Waals surface area contributed by atoms with Crippen LogP contribution in [0.4, 0.5) is 4.39 Å². The Bertz CT molecular complexity index is 674. The van der Waals surface area contributed by atoms with Crippen LogP contribution in [0.5, 0.6) is 5.75 Å². The van der Waals surface area contributed by atoms with Gasteiger partial charge in [0.05, 0.1) is 13.1 Å². The highest BCUT2D eigenvalue weighted by molar-refractivity contribution is 5.79. The van der Waals surface area contributed by atoms with Crippen molar-refractivity contribution in [2.75, 3.05) is 13.6 Å². The highest BCUT2D eigenvalue weighted by atomic mass is 19.1. The lowest BCUT2D eigenvalue weighted by atomic mass is 10.2. The fourth-order valence-corrected chi connectivity index (χ4v) is 2.00. The van der Waals surface area contributed by atoms with Gasteiger partial charge in [0.15, 0.2) is 11.8 Å². The predicted octanol–water partition coefficient (Wildman–Crippen LogP) is 2.04. The molecule has 7 nitrogen and oxygen atoms in total. The van der Waals surface area contributed by atoms with E-state index in [2.05, 4.69) is 25.8 Å². The normalized spacial score (nSPS) is 12.8. The first-order valence-electron chi connectivity index (χ1n) is 7.76. The summed E-state index contributed by atoms with van der Waals surface area (Å²) in [4.78, 5) is 8.24. The molecular formula is C16H22FN5O2. The minimum atomic E-state index is -0.317. The minimum absolute atomic E-state index is 0.115. The van der Waals surface area contributed by atoms with Crippen LogP contribution >= 0.6 is 0 Å². The molecular weight excluding hydrogens is 313 g/mol. The van der Waals surface area contributed by atoms with Gasteiger partial charge in [-0.25, -0.2) is 4.39 Å². The third-order valence-electron chi connectivity index (χ3n) is 3.25. The molecule has 1 aromatic heterocycles. The van der Waals surface area contributed by atoms with Crippen molar-refractivity contribution in [2.45, 2.75) is 32.9 Å². The Kier molecular flexibility index (Phi) is 6.53. The summed E-state index contributed by atoms with van der Waals surface area (Å²) in [7, 11) is 1.67. The van der Waals surface area contributed by atoms with Crippen LogP contribution in [0.2, 0.25) is 0 Å². The summed E-state index contributed by atoms with van der Waals surface area (Å²) >= 11 is 0. The molecule has 24 heavy (non-hydrogen) atoms. The first kappa shape index (κ1) is 17.7. The molecule has 0 bridgehead atoms. The lowest BCUT2D eigenvalue weighted by molar-refractivity contribution is 0.198. The van der Waals surface area contributed by atoms with Gasteiger partial charge < -0.3 is 19.9 Å². The van der Waals surface area contributed by atoms with Gasteiger partial charge in [0.1, 0.15) is 17.7 Å². The Hall–Kier alpha value is -2.64. The van der Waals surface area contributed by atoms with E-state index in [-0.39, 0.29) is 11.9 Å². The Balaban J connectivity index is 1.81. The molecule has 0 aliphatic heterocycles. The SMILES string of the molecule is CCC(CNC(=NC)NCc1nc(C)no1)Oc1cccc(F)c1. The Morgan fingerprint density at radius 2 is 2.25 bits per heavy atom. The van der Waals surface area contributed by atoms with Gasteiger partial charge in [-0.3, -0.25) is 4.99 Å². The molecule has 0 spiro atoms. The summed E-state index contributed by atoms with van der Waals surface area (Å²) in [5, 5.41) is 9.97. The maximum absolute atomic E-state index is 13.2. The highest BCUT2D eigenvalue weighted by Crippen LogP contribution is 2.14. The summed E-state index contributed by atoms with van der Waals surface area (Å²) in [6, 6.07) is 6.11. The Labute approximate surface area is 140 Å². The molecule has 8 heteroatoms. The number of nitrogens with zero attached hydrogens (tertiary/aromatic N) is 3. The Morgan fingerprint density at radius 1 is 1.42 bits per heavy atom. The number of aromatic nitrogens is 2. The number of guanidine groups is 1. The van der Waals surface area contributed by atoms with Gasteiger partial charge in [-0.05, 0) is 25.5 Å². The van der Waals surface area contributed by atoms with Gasteiger partial charge in [0.2, 0.25) is 5.89 Å². The van der Waals surface area contributed by atoms with Crippen LogP contribution in [-0.2, 0) is 6.54 Å². The summed E-state index contributed by atoms with van der Waals surface area (Å²) in [6.07, 6.45) is 0.652. The van der Waals surface area contributed by atoms with E-state index in [1.165, 1.54) is 12.1 Å². The van der Waals surface area contributed by atoms with E-state index in [0.717, 1.165) is 6.42 Å². The fourth-order valence-electron chi connectivity index (χ4n) is 2.00. The maximum Gasteiger partial charge on any atom is 0.246 e. The number of hydrogen-bond acceptors (Lipinski definition) is 5. The van der Waals surface area contributed by atoms with E-state index in [9.17, 15) is 4.39 Å². The predicted molar refractivity (Wildman–Crippen MR) is 88.3 cm³/mol. The van der Waals surface area contributed by atoms with Crippen LogP contribution in [0.1, 0.15) is 25.1 Å². The number of ether oxygens (including phenoxy) is 1. The van der Waals surface area contributed by atoms with Gasteiger partial charge >= 0.3 is 0 Å². The molecule has 1 heterocycles. The van der Waals surface area contributed by atoms with E-state index in [1.807, 2.05) is 6.92 Å². The fraction of sp³-hybridized carbons (Fsp3) is 0.438. The van der Waals surface area contributed by atoms with Crippen LogP contribution in [0, 0.1) is 12.7 Å². The molecule has 130 valence electrons. The second-order valence-electron chi connectivity index (χ2n) is 5.15. The zero-order valence-corrected chi connectivity index (χ0v) is 14.0. The van der Waals surface area contributed by atoms with Gasteiger partial charge in [0, 0.05) is 13.1 Å². The monoisotopic (exact) mass is 335 g/mol. The van der Waals surface area contributed by atoms with Crippen molar-refractivity contribution >= 4 is 5.96 Å². The number of rotatable bonds is 7. The lowest BCUT2D eigenvalue weighted by Gasteiger charge is -2.19. The number of benzene rings is 1. The van der Waals surface area contributed by atoms with Crippen molar-refractivity contribution in [3.63, 3.8) is 0 Å². The van der Waals surface area contributed by atoms with Crippen molar-refractivity contribution in [2.24, 2.45) is 4.99 Å². The van der Waals surface area contributed by atoms with Crippen molar-refractivity contribution in [3.8, 4) is 5.75 Å². The van der Waals surface area contributed by atoms with E-state index < -0.39 is 0 Å². The summed E-state index contributed by atoms with van der Waals surface area (Å²) in [5.41, 5.74) is 0. The summed E-state index contributed by atoms with van der Waals surface area (Å²) < 4.78 is 24.0. The standard InChI is InChI=1S/C16H22FN5O2/c1-4-13(23-14-7-5-6-12(17)8-14)9-19-16(18-3)20-10-15-21-11(2)22-24-15/h5-8,13H,4,9-10H2,1-3H3,(H2,18,19,20). The zero-order valence-electron chi connectivity index (χ0n) is 14.0. The smallest absolute Gasteiger partial charge is 0.246 e. The third kappa shape index (κ3) is 5.53. The Morgan fingerprint density at radius 3 is 2.88 bits per heavy atom. The first-order chi connectivity index (χ1) is 11.6. The molecule has 2 aromatic rings. The molecule has 0 radical (unpaired) electrons. The van der Waals surface area contributed by atoms with Crippen LogP contribution in [0.25, 0.3) is 0 Å². The van der Waals surface area contributed by atoms with E-state index in [4.69, 9.17) is 9.26 Å². The topological polar surface area (TPSA) is 84.6 Å². The summed E-state index contributed by atoms with van der Waals surface area (Å²) in [6.45, 7) is 4.66. The number of nitrogens with one attached hydrogen (secondary N) is 2. The van der Waals surface area contributed by atoms with Gasteiger partial charge in [0.25, 0.3) is 0 Å². The first-order valence-corrected chi connectivity index (χ1v) is 7.76. The number of halogens is 1. The second kappa shape index (κ2) is 8.85. The highest BCUT2D eigenvalue weighted by Gasteiger charge is 2.10. The largest absolute Gasteiger partial charge is 0.489 e. The molecule has 2 rings (SSSR count). The van der Waals surface area contributed by atoms with Gasteiger partial charge in [-0.15, -0.1) is 0 Å². The molecule has 0 saturated heterocycles. The van der Waals surface area contributed by atoms with Crippen LogP contribution in [-0.4, -0.2) is 35.8 Å². The lowest BCUT2D eigenvalue weighted by Crippen LogP contribution is -2.42. The molecule has 1 unspecified atom stereocenters. The van der Waals surface area contributed by atoms with Gasteiger partial charge in [-0.1, -0.05) is 18.1 Å². The number of aliphatic imine (C=N–C) groups is 1. The van der Waals surface area contributed by atoms with Crippen molar-refractivity contribution in [1.82, 2.24) is 20.8 Å². The quantitative estimate of drug-likeness (QED) is 0.595. The zero-order chi connectivity index (χ0) is 17.4. The maximum atomic E-state index is 13.2. The third-order valence-corrected chi connectivity index (χ3v) is 3.25. The molecule has 0 saturated carbocycles. The molecule has 2 N–H and O–H groups in total. The molecule has 1 atom stereocenters. The van der Waals surface area contributed by atoms with Crippen molar-refractivity contribution < 1.29 is 13.7 Å². The molecule has 0 aliphatic carbocycles. The van der Waals surface area contributed by atoms with E-state index in [0.29, 0.717) is 36.5 Å². The van der Waals surface area contributed by atoms with Crippen molar-refractivity contribution in [3.05, 3.63) is 41.8 Å². The van der Waals surface area contributed by atoms with Crippen LogP contribution < -0.4 is 15.4 Å². The molecule has 0 aliphatic rings. The number of aryl methyl sites for hydroxylation is 1. The van der Waals surface area contributed by atoms with E-state index >= 15 is 0 Å². The van der Waals surface area contributed by atoms with Crippen molar-refractivity contribution in [1.29, 1.82) is 0 Å². The van der Waals surface area contributed by atoms with E-state index in [1.54, 1.807) is 26.1 Å².